The fourth-order valence-electron chi connectivity index (χ4n) is 1.97. The predicted molar refractivity (Wildman–Crippen MR) is 84.4 cm³/mol. The first-order chi connectivity index (χ1) is 10.1. The number of hydrogen-bond donors (Lipinski definition) is 0. The molecular formula is C16H10BrF2NS. The van der Waals surface area contributed by atoms with Gasteiger partial charge in [-0.2, -0.15) is 0 Å². The van der Waals surface area contributed by atoms with Gasteiger partial charge in [0.25, 0.3) is 0 Å². The average Bonchev–Trinajstić information content (AvgIpc) is 2.91. The fourth-order valence-corrected chi connectivity index (χ4v) is 3.06. The van der Waals surface area contributed by atoms with Crippen molar-refractivity contribution in [2.24, 2.45) is 0 Å². The van der Waals surface area contributed by atoms with Gasteiger partial charge in [-0.15, -0.1) is 11.3 Å². The zero-order valence-corrected chi connectivity index (χ0v) is 13.2. The molecule has 0 unspecified atom stereocenters. The lowest BCUT2D eigenvalue weighted by Crippen LogP contribution is -1.93. The van der Waals surface area contributed by atoms with E-state index in [4.69, 9.17) is 0 Å². The zero-order chi connectivity index (χ0) is 14.8. The monoisotopic (exact) mass is 365 g/mol. The molecule has 0 atom stereocenters. The van der Waals surface area contributed by atoms with Crippen LogP contribution in [0.5, 0.6) is 0 Å². The number of rotatable bonds is 3. The Bertz CT molecular complexity index is 768. The Balaban J connectivity index is 1.83. The zero-order valence-electron chi connectivity index (χ0n) is 10.8. The highest BCUT2D eigenvalue weighted by Crippen LogP contribution is 2.25. The normalized spacial score (nSPS) is 10.8. The van der Waals surface area contributed by atoms with E-state index < -0.39 is 11.6 Å². The maximum atomic E-state index is 13.6. The summed E-state index contributed by atoms with van der Waals surface area (Å²) in [4.78, 5) is 4.51. The van der Waals surface area contributed by atoms with E-state index in [-0.39, 0.29) is 0 Å². The lowest BCUT2D eigenvalue weighted by Gasteiger charge is -2.00. The second-order valence-corrected chi connectivity index (χ2v) is 6.40. The molecule has 3 rings (SSSR count). The van der Waals surface area contributed by atoms with Gasteiger partial charge in [-0.25, -0.2) is 13.8 Å². The number of benzene rings is 2. The van der Waals surface area contributed by atoms with Gasteiger partial charge in [-0.05, 0) is 23.8 Å². The number of aromatic nitrogens is 1. The van der Waals surface area contributed by atoms with Crippen LogP contribution >= 0.6 is 27.3 Å². The van der Waals surface area contributed by atoms with Gasteiger partial charge >= 0.3 is 0 Å². The van der Waals surface area contributed by atoms with Crippen LogP contribution in [0.2, 0.25) is 0 Å². The van der Waals surface area contributed by atoms with Gasteiger partial charge in [0.1, 0.15) is 11.6 Å². The van der Waals surface area contributed by atoms with Crippen molar-refractivity contribution in [2.45, 2.75) is 6.42 Å². The molecule has 2 aromatic carbocycles. The third-order valence-corrected chi connectivity index (χ3v) is 4.43. The van der Waals surface area contributed by atoms with Gasteiger partial charge < -0.3 is 0 Å². The molecule has 0 spiro atoms. The summed E-state index contributed by atoms with van der Waals surface area (Å²) >= 11 is 4.86. The maximum Gasteiger partial charge on any atom is 0.129 e. The standard InChI is InChI=1S/C16H10BrF2NS/c17-12-4-1-10(2-5-12)15-9-21-16(20-15)7-11-3-6-13(18)8-14(11)19/h1-6,8-9H,7H2. The molecule has 1 nitrogen and oxygen atoms in total. The van der Waals surface area contributed by atoms with E-state index in [1.807, 2.05) is 29.6 Å². The minimum Gasteiger partial charge on any atom is -0.241 e. The lowest BCUT2D eigenvalue weighted by atomic mass is 10.1. The third-order valence-electron chi connectivity index (χ3n) is 3.05. The molecule has 21 heavy (non-hydrogen) atoms. The van der Waals surface area contributed by atoms with E-state index in [1.165, 1.54) is 23.5 Å². The summed E-state index contributed by atoms with van der Waals surface area (Å²) in [6, 6.07) is 11.5. The van der Waals surface area contributed by atoms with Crippen molar-refractivity contribution in [3.05, 3.63) is 74.5 Å². The minimum absolute atomic E-state index is 0.368. The number of hydrogen-bond acceptors (Lipinski definition) is 2. The Kier molecular flexibility index (Phi) is 4.12. The van der Waals surface area contributed by atoms with Crippen LogP contribution in [0.4, 0.5) is 8.78 Å². The van der Waals surface area contributed by atoms with Gasteiger partial charge in [0.2, 0.25) is 0 Å². The van der Waals surface area contributed by atoms with Crippen LogP contribution in [-0.4, -0.2) is 4.98 Å². The van der Waals surface area contributed by atoms with Crippen LogP contribution in [0.3, 0.4) is 0 Å². The highest BCUT2D eigenvalue weighted by Gasteiger charge is 2.09. The van der Waals surface area contributed by atoms with Gasteiger partial charge in [0.05, 0.1) is 10.7 Å². The molecule has 0 saturated carbocycles. The number of nitrogens with zero attached hydrogens (tertiary/aromatic N) is 1. The summed E-state index contributed by atoms with van der Waals surface area (Å²) in [6.07, 6.45) is 0.368. The molecule has 0 aliphatic heterocycles. The summed E-state index contributed by atoms with van der Waals surface area (Å²) in [5.74, 6) is -1.10. The Labute approximate surface area is 133 Å². The van der Waals surface area contributed by atoms with Crippen molar-refractivity contribution in [1.29, 1.82) is 0 Å². The molecule has 0 aliphatic rings. The molecule has 1 aromatic heterocycles. The topological polar surface area (TPSA) is 12.9 Å². The van der Waals surface area contributed by atoms with Crippen molar-refractivity contribution < 1.29 is 8.78 Å². The highest BCUT2D eigenvalue weighted by atomic mass is 79.9. The lowest BCUT2D eigenvalue weighted by molar-refractivity contribution is 0.574. The van der Waals surface area contributed by atoms with Crippen molar-refractivity contribution in [2.75, 3.05) is 0 Å². The molecule has 0 fully saturated rings. The molecule has 0 aliphatic carbocycles. The van der Waals surface area contributed by atoms with E-state index in [2.05, 4.69) is 20.9 Å². The molecular weight excluding hydrogens is 356 g/mol. The molecule has 0 saturated heterocycles. The van der Waals surface area contributed by atoms with Gasteiger partial charge in [-0.3, -0.25) is 0 Å². The fraction of sp³-hybridized carbons (Fsp3) is 0.0625. The first kappa shape index (κ1) is 14.4. The molecule has 0 amide bonds. The van der Waals surface area contributed by atoms with E-state index >= 15 is 0 Å². The minimum atomic E-state index is -0.564. The van der Waals surface area contributed by atoms with Crippen LogP contribution < -0.4 is 0 Å². The largest absolute Gasteiger partial charge is 0.241 e. The number of thiazole rings is 1. The van der Waals surface area contributed by atoms with Crippen molar-refractivity contribution in [3.63, 3.8) is 0 Å². The Morgan fingerprint density at radius 1 is 1.05 bits per heavy atom. The Hall–Kier alpha value is -1.59. The smallest absolute Gasteiger partial charge is 0.129 e. The molecule has 106 valence electrons. The van der Waals surface area contributed by atoms with Crippen molar-refractivity contribution >= 4 is 27.3 Å². The van der Waals surface area contributed by atoms with E-state index in [0.717, 1.165) is 26.8 Å². The van der Waals surface area contributed by atoms with Crippen molar-refractivity contribution in [3.8, 4) is 11.3 Å². The number of halogens is 3. The summed E-state index contributed by atoms with van der Waals surface area (Å²) in [5.41, 5.74) is 2.33. The second-order valence-electron chi connectivity index (χ2n) is 4.55. The van der Waals surface area contributed by atoms with E-state index in [9.17, 15) is 8.78 Å². The van der Waals surface area contributed by atoms with Gasteiger partial charge in [0, 0.05) is 27.9 Å². The van der Waals surface area contributed by atoms with Crippen LogP contribution in [0.25, 0.3) is 11.3 Å². The molecule has 1 heterocycles. The quantitative estimate of drug-likeness (QED) is 0.601. The summed E-state index contributed by atoms with van der Waals surface area (Å²) < 4.78 is 27.5. The average molecular weight is 366 g/mol. The molecule has 5 heteroatoms. The molecule has 0 radical (unpaired) electrons. The van der Waals surface area contributed by atoms with Gasteiger partial charge in [0.15, 0.2) is 0 Å². The first-order valence-electron chi connectivity index (χ1n) is 6.26. The highest BCUT2D eigenvalue weighted by molar-refractivity contribution is 9.10. The molecule has 0 bridgehead atoms. The molecule has 3 aromatic rings. The summed E-state index contributed by atoms with van der Waals surface area (Å²) in [6.45, 7) is 0. The van der Waals surface area contributed by atoms with Crippen LogP contribution in [0.1, 0.15) is 10.6 Å². The van der Waals surface area contributed by atoms with Crippen LogP contribution in [0.15, 0.2) is 52.3 Å². The predicted octanol–water partition coefficient (Wildman–Crippen LogP) is 5.44. The summed E-state index contributed by atoms with van der Waals surface area (Å²) in [7, 11) is 0. The second kappa shape index (κ2) is 6.03. The maximum absolute atomic E-state index is 13.6. The van der Waals surface area contributed by atoms with Crippen LogP contribution in [0, 0.1) is 11.6 Å². The summed E-state index contributed by atoms with van der Waals surface area (Å²) in [5, 5.41) is 2.75. The van der Waals surface area contributed by atoms with Crippen LogP contribution in [-0.2, 0) is 6.42 Å². The Morgan fingerprint density at radius 3 is 2.52 bits per heavy atom. The van der Waals surface area contributed by atoms with Crippen molar-refractivity contribution in [1.82, 2.24) is 4.98 Å². The SMILES string of the molecule is Fc1ccc(Cc2nc(-c3ccc(Br)cc3)cs2)c(F)c1. The molecule has 0 N–H and O–H groups in total. The third kappa shape index (κ3) is 3.36. The first-order valence-corrected chi connectivity index (χ1v) is 7.93. The van der Waals surface area contributed by atoms with Gasteiger partial charge in [-0.1, -0.05) is 34.1 Å². The Morgan fingerprint density at radius 2 is 1.81 bits per heavy atom. The van der Waals surface area contributed by atoms with E-state index in [1.54, 1.807) is 0 Å². The van der Waals surface area contributed by atoms with E-state index in [0.29, 0.717) is 12.0 Å².